The van der Waals surface area contributed by atoms with Gasteiger partial charge in [0.25, 0.3) is 6.43 Å². The Labute approximate surface area is 216 Å². The van der Waals surface area contributed by atoms with Crippen LogP contribution in [0, 0.1) is 17.2 Å². The van der Waals surface area contributed by atoms with Crippen LogP contribution in [0.15, 0.2) is 18.3 Å². The molecule has 37 heavy (non-hydrogen) atoms. The molecule has 2 aromatic heterocycles. The van der Waals surface area contributed by atoms with Crippen LogP contribution in [0.1, 0.15) is 50.3 Å². The summed E-state index contributed by atoms with van der Waals surface area (Å²) in [6.07, 6.45) is 1.71. The third-order valence-electron chi connectivity index (χ3n) is 6.42. The van der Waals surface area contributed by atoms with Gasteiger partial charge >= 0.3 is 5.97 Å². The molecular formula is C24H25ClF2N8O2. The number of alkyl halides is 2. The molecule has 5 rings (SSSR count). The highest BCUT2D eigenvalue weighted by molar-refractivity contribution is 6.36. The third kappa shape index (κ3) is 5.22. The predicted octanol–water partition coefficient (Wildman–Crippen LogP) is 4.68. The second-order valence-corrected chi connectivity index (χ2v) is 9.41. The van der Waals surface area contributed by atoms with Crippen LogP contribution in [-0.2, 0) is 9.53 Å². The average molecular weight is 531 g/mol. The summed E-state index contributed by atoms with van der Waals surface area (Å²) in [4.78, 5) is 22.7. The number of imidazole rings is 1. The van der Waals surface area contributed by atoms with Gasteiger partial charge in [0.05, 0.1) is 35.1 Å². The second kappa shape index (κ2) is 10.3. The van der Waals surface area contributed by atoms with Gasteiger partial charge in [0.2, 0.25) is 5.95 Å². The molecule has 0 unspecified atom stereocenters. The van der Waals surface area contributed by atoms with E-state index in [0.717, 1.165) is 12.8 Å². The van der Waals surface area contributed by atoms with Crippen molar-refractivity contribution < 1.29 is 18.3 Å². The highest BCUT2D eigenvalue weighted by atomic mass is 35.5. The van der Waals surface area contributed by atoms with Crippen LogP contribution < -0.4 is 15.5 Å². The number of hydrogen-bond acceptors (Lipinski definition) is 9. The first-order valence-electron chi connectivity index (χ1n) is 12.1. The minimum absolute atomic E-state index is 0.0745. The minimum Gasteiger partial charge on any atom is -0.466 e. The molecule has 1 aliphatic carbocycles. The smallest absolute Gasteiger partial charge is 0.309 e. The summed E-state index contributed by atoms with van der Waals surface area (Å²) in [6, 6.07) is 4.93. The third-order valence-corrected chi connectivity index (χ3v) is 6.82. The second-order valence-electron chi connectivity index (χ2n) is 9.03. The van der Waals surface area contributed by atoms with Crippen LogP contribution >= 0.6 is 11.6 Å². The SMILES string of the molecule is CCOC(=O)C1CCN(c2cc(C(F)F)cc(Nc3nc(NC4CC4)c4ncc(C#N)n4n3)c2Cl)CC1. The summed E-state index contributed by atoms with van der Waals surface area (Å²) in [5, 5.41) is 20.3. The lowest BCUT2D eigenvalue weighted by Gasteiger charge is -2.33. The molecule has 2 N–H and O–H groups in total. The van der Waals surface area contributed by atoms with Gasteiger partial charge in [-0.15, -0.1) is 5.10 Å². The van der Waals surface area contributed by atoms with E-state index in [4.69, 9.17) is 16.3 Å². The number of carbonyl (C=O) groups is 1. The first-order chi connectivity index (χ1) is 17.9. The van der Waals surface area contributed by atoms with Gasteiger partial charge in [-0.3, -0.25) is 4.79 Å². The number of nitrogens with zero attached hydrogens (tertiary/aromatic N) is 6. The molecule has 0 bridgehead atoms. The van der Waals surface area contributed by atoms with E-state index in [1.807, 2.05) is 11.0 Å². The lowest BCUT2D eigenvalue weighted by molar-refractivity contribution is -0.148. The molecule has 3 aromatic rings. The molecule has 1 saturated heterocycles. The fourth-order valence-corrected chi connectivity index (χ4v) is 4.62. The molecule has 1 aliphatic heterocycles. The number of nitrogens with one attached hydrogen (secondary N) is 2. The summed E-state index contributed by atoms with van der Waals surface area (Å²) in [5.74, 6) is 0.0403. The zero-order valence-corrected chi connectivity index (χ0v) is 20.8. The average Bonchev–Trinajstić information content (AvgIpc) is 3.61. The zero-order valence-electron chi connectivity index (χ0n) is 20.0. The van der Waals surface area contributed by atoms with Gasteiger partial charge in [0, 0.05) is 24.7 Å². The monoisotopic (exact) mass is 530 g/mol. The topological polar surface area (TPSA) is 120 Å². The Morgan fingerprint density at radius 3 is 2.70 bits per heavy atom. The molecule has 10 nitrogen and oxygen atoms in total. The van der Waals surface area contributed by atoms with Crippen molar-refractivity contribution in [2.45, 2.75) is 45.1 Å². The summed E-state index contributed by atoms with van der Waals surface area (Å²) in [7, 11) is 0. The summed E-state index contributed by atoms with van der Waals surface area (Å²) >= 11 is 6.72. The number of fused-ring (bicyclic) bond motifs is 1. The number of aromatic nitrogens is 4. The van der Waals surface area contributed by atoms with E-state index in [-0.39, 0.29) is 45.8 Å². The number of carbonyl (C=O) groups excluding carboxylic acids is 1. The molecule has 194 valence electrons. The lowest BCUT2D eigenvalue weighted by Crippen LogP contribution is -2.37. The minimum atomic E-state index is -2.73. The predicted molar refractivity (Wildman–Crippen MR) is 133 cm³/mol. The van der Waals surface area contributed by atoms with E-state index < -0.39 is 6.43 Å². The van der Waals surface area contributed by atoms with Gasteiger partial charge in [0.15, 0.2) is 17.2 Å². The molecule has 13 heteroatoms. The first-order valence-corrected chi connectivity index (χ1v) is 12.5. The molecular weight excluding hydrogens is 506 g/mol. The Morgan fingerprint density at radius 2 is 2.05 bits per heavy atom. The maximum atomic E-state index is 13.9. The Morgan fingerprint density at radius 1 is 1.30 bits per heavy atom. The standard InChI is InChI=1S/C24H25ClF2N8O2/c1-2-37-23(36)13-5-7-34(8-6-13)18-10-14(20(26)27)9-17(19(18)25)31-24-32-21(30-15-3-4-15)22-29-12-16(11-28)35(22)33-24/h9-10,12-13,15,20H,2-8H2,1H3,(H2,30,31,32,33). The highest BCUT2D eigenvalue weighted by Gasteiger charge is 2.29. The van der Waals surface area contributed by atoms with Crippen molar-refractivity contribution in [1.82, 2.24) is 19.6 Å². The molecule has 0 radical (unpaired) electrons. The fraction of sp³-hybridized carbons (Fsp3) is 0.458. The maximum absolute atomic E-state index is 13.9. The normalized spacial score (nSPS) is 16.2. The van der Waals surface area contributed by atoms with Crippen molar-refractivity contribution in [2.75, 3.05) is 35.2 Å². The van der Waals surface area contributed by atoms with Crippen molar-refractivity contribution in [3.63, 3.8) is 0 Å². The summed E-state index contributed by atoms with van der Waals surface area (Å²) < 4.78 is 34.2. The van der Waals surface area contributed by atoms with Gasteiger partial charge < -0.3 is 20.3 Å². The Hall–Kier alpha value is -3.72. The van der Waals surface area contributed by atoms with Crippen LogP contribution in [-0.4, -0.2) is 51.3 Å². The maximum Gasteiger partial charge on any atom is 0.309 e. The zero-order chi connectivity index (χ0) is 26.1. The van der Waals surface area contributed by atoms with Crippen molar-refractivity contribution in [3.05, 3.63) is 34.6 Å². The molecule has 1 saturated carbocycles. The Bertz CT molecular complexity index is 1360. The number of ether oxygens (including phenoxy) is 1. The number of benzene rings is 1. The Balaban J connectivity index is 1.46. The molecule has 0 spiro atoms. The van der Waals surface area contributed by atoms with E-state index in [2.05, 4.69) is 25.7 Å². The lowest BCUT2D eigenvalue weighted by atomic mass is 9.96. The van der Waals surface area contributed by atoms with E-state index in [1.54, 1.807) is 6.92 Å². The number of rotatable bonds is 8. The van der Waals surface area contributed by atoms with Gasteiger partial charge in [-0.2, -0.15) is 14.8 Å². The number of halogens is 3. The molecule has 3 heterocycles. The van der Waals surface area contributed by atoms with Crippen LogP contribution in [0.4, 0.5) is 31.9 Å². The van der Waals surface area contributed by atoms with Crippen molar-refractivity contribution >= 4 is 46.4 Å². The van der Waals surface area contributed by atoms with Gasteiger partial charge in [-0.1, -0.05) is 11.6 Å². The summed E-state index contributed by atoms with van der Waals surface area (Å²) in [5.41, 5.74) is 1.02. The fourth-order valence-electron chi connectivity index (χ4n) is 4.34. The van der Waals surface area contributed by atoms with Crippen molar-refractivity contribution in [3.8, 4) is 6.07 Å². The van der Waals surface area contributed by atoms with E-state index in [1.165, 1.54) is 22.8 Å². The van der Waals surface area contributed by atoms with Crippen LogP contribution in [0.25, 0.3) is 5.65 Å². The molecule has 0 atom stereocenters. The van der Waals surface area contributed by atoms with Crippen molar-refractivity contribution in [2.24, 2.45) is 5.92 Å². The Kier molecular flexibility index (Phi) is 6.97. The number of nitriles is 1. The molecule has 1 aromatic carbocycles. The van der Waals surface area contributed by atoms with E-state index >= 15 is 0 Å². The number of hydrogen-bond donors (Lipinski definition) is 2. The molecule has 2 aliphatic rings. The van der Waals surface area contributed by atoms with Gasteiger partial charge in [0.1, 0.15) is 6.07 Å². The largest absolute Gasteiger partial charge is 0.466 e. The summed E-state index contributed by atoms with van der Waals surface area (Å²) in [6.45, 7) is 3.01. The number of anilines is 4. The van der Waals surface area contributed by atoms with E-state index in [9.17, 15) is 18.8 Å². The first kappa shape index (κ1) is 25.0. The van der Waals surface area contributed by atoms with Crippen LogP contribution in [0.5, 0.6) is 0 Å². The van der Waals surface area contributed by atoms with E-state index in [0.29, 0.717) is 49.7 Å². The van der Waals surface area contributed by atoms with Crippen LogP contribution in [0.3, 0.4) is 0 Å². The highest BCUT2D eigenvalue weighted by Crippen LogP contribution is 2.40. The van der Waals surface area contributed by atoms with Crippen molar-refractivity contribution in [1.29, 1.82) is 5.26 Å². The molecule has 2 fully saturated rings. The molecule has 0 amide bonds. The quantitative estimate of drug-likeness (QED) is 0.400. The van der Waals surface area contributed by atoms with Gasteiger partial charge in [-0.25, -0.2) is 13.8 Å². The number of esters is 1. The number of piperidine rings is 1. The van der Waals surface area contributed by atoms with Crippen LogP contribution in [0.2, 0.25) is 5.02 Å². The van der Waals surface area contributed by atoms with Gasteiger partial charge in [-0.05, 0) is 44.7 Å².